The van der Waals surface area contributed by atoms with Gasteiger partial charge in [-0.3, -0.25) is 4.79 Å². The molecular weight excluding hydrogens is 406 g/mol. The summed E-state index contributed by atoms with van der Waals surface area (Å²) in [6.45, 7) is -0.121. The van der Waals surface area contributed by atoms with Crippen molar-refractivity contribution in [1.29, 1.82) is 0 Å². The van der Waals surface area contributed by atoms with Crippen molar-refractivity contribution in [3.63, 3.8) is 0 Å². The van der Waals surface area contributed by atoms with Gasteiger partial charge in [0.25, 0.3) is 0 Å². The van der Waals surface area contributed by atoms with Crippen LogP contribution in [-0.4, -0.2) is 45.3 Å². The smallest absolute Gasteiger partial charge is 0.238 e. The molecule has 1 heterocycles. The minimum atomic E-state index is -0.307. The van der Waals surface area contributed by atoms with Gasteiger partial charge in [-0.05, 0) is 41.4 Å². The molecule has 0 unspecified atom stereocenters. The predicted octanol–water partition coefficient (Wildman–Crippen LogP) is 3.41. The molecule has 0 spiro atoms. The van der Waals surface area contributed by atoms with Crippen molar-refractivity contribution >= 4 is 23.1 Å². The lowest BCUT2D eigenvalue weighted by molar-refractivity contribution is -0.114. The number of nitrogens with two attached hydrogens (primary N) is 1. The van der Waals surface area contributed by atoms with E-state index >= 15 is 0 Å². The van der Waals surface area contributed by atoms with Gasteiger partial charge in [0.1, 0.15) is 5.75 Å². The number of carbonyl (C=O) groups excluding carboxylic acids is 1. The fourth-order valence-corrected chi connectivity index (χ4v) is 3.76. The third-order valence-corrected chi connectivity index (χ3v) is 5.11. The Morgan fingerprint density at radius 3 is 2.20 bits per heavy atom. The number of nitrogens with one attached hydrogen (secondary N) is 1. The highest BCUT2D eigenvalue weighted by Gasteiger charge is 2.19. The molecule has 8 nitrogen and oxygen atoms in total. The summed E-state index contributed by atoms with van der Waals surface area (Å²) in [7, 11) is 6.24. The summed E-state index contributed by atoms with van der Waals surface area (Å²) in [6.07, 6.45) is 0. The van der Waals surface area contributed by atoms with Crippen LogP contribution in [0.5, 0.6) is 23.0 Å². The number of amides is 1. The molecule has 1 amide bonds. The summed E-state index contributed by atoms with van der Waals surface area (Å²) in [5.41, 5.74) is 9.27. The Morgan fingerprint density at radius 1 is 0.967 bits per heavy atom. The lowest BCUT2D eigenvalue weighted by atomic mass is 10.0. The van der Waals surface area contributed by atoms with E-state index in [2.05, 4.69) is 9.69 Å². The van der Waals surface area contributed by atoms with E-state index in [1.165, 1.54) is 11.5 Å². The molecule has 0 saturated carbocycles. The van der Waals surface area contributed by atoms with E-state index < -0.39 is 0 Å². The molecule has 9 heteroatoms. The van der Waals surface area contributed by atoms with Crippen molar-refractivity contribution < 1.29 is 23.7 Å². The third kappa shape index (κ3) is 4.17. The fourth-order valence-electron chi connectivity index (χ4n) is 3.04. The Bertz CT molecular complexity index is 1030. The van der Waals surface area contributed by atoms with Crippen LogP contribution in [0.3, 0.4) is 0 Å². The largest absolute Gasteiger partial charge is 0.495 e. The maximum absolute atomic E-state index is 11.8. The number of aromatic nitrogens is 1. The summed E-state index contributed by atoms with van der Waals surface area (Å²) in [5, 5.41) is 4.70. The van der Waals surface area contributed by atoms with E-state index in [1.54, 1.807) is 34.5 Å². The predicted molar refractivity (Wildman–Crippen MR) is 117 cm³/mol. The molecule has 30 heavy (non-hydrogen) atoms. The van der Waals surface area contributed by atoms with Crippen LogP contribution in [0.15, 0.2) is 35.7 Å². The molecule has 1 aromatic heterocycles. The number of nitrogens with zero attached hydrogens (tertiary/aromatic N) is 1. The molecule has 158 valence electrons. The number of hydrogen-bond donors (Lipinski definition) is 2. The lowest BCUT2D eigenvalue weighted by Gasteiger charge is -2.15. The zero-order chi connectivity index (χ0) is 21.7. The van der Waals surface area contributed by atoms with Crippen molar-refractivity contribution in [3.8, 4) is 45.4 Å². The van der Waals surface area contributed by atoms with E-state index in [9.17, 15) is 4.79 Å². The van der Waals surface area contributed by atoms with Gasteiger partial charge in [0, 0.05) is 16.5 Å². The minimum Gasteiger partial charge on any atom is -0.495 e. The zero-order valence-corrected chi connectivity index (χ0v) is 18.0. The summed E-state index contributed by atoms with van der Waals surface area (Å²) in [4.78, 5) is 11.8. The van der Waals surface area contributed by atoms with Crippen LogP contribution in [0.25, 0.3) is 22.4 Å². The Kier molecular flexibility index (Phi) is 6.76. The van der Waals surface area contributed by atoms with E-state index in [-0.39, 0.29) is 12.5 Å². The molecule has 3 rings (SSSR count). The van der Waals surface area contributed by atoms with Crippen molar-refractivity contribution in [3.05, 3.63) is 35.7 Å². The second kappa shape index (κ2) is 9.47. The van der Waals surface area contributed by atoms with Gasteiger partial charge in [-0.1, -0.05) is 6.07 Å². The van der Waals surface area contributed by atoms with Crippen molar-refractivity contribution in [2.24, 2.45) is 5.73 Å². The summed E-state index contributed by atoms with van der Waals surface area (Å²) in [6, 6.07) is 9.22. The highest BCUT2D eigenvalue weighted by molar-refractivity contribution is 7.04. The average molecular weight is 429 g/mol. The van der Waals surface area contributed by atoms with Gasteiger partial charge in [0.2, 0.25) is 11.7 Å². The summed E-state index contributed by atoms with van der Waals surface area (Å²) in [5.74, 6) is 1.82. The van der Waals surface area contributed by atoms with Crippen LogP contribution in [0.2, 0.25) is 0 Å². The lowest BCUT2D eigenvalue weighted by Crippen LogP contribution is -2.22. The standard InChI is InChI=1S/C21H23N3O5S/c1-26-16-6-5-12(7-15(16)23-19(25)10-22)14-11-30-24-20(14)13-8-17(27-2)21(29-4)18(9-13)28-3/h5-9,11H,10,22H2,1-4H3,(H,23,25). The highest BCUT2D eigenvalue weighted by atomic mass is 32.1. The summed E-state index contributed by atoms with van der Waals surface area (Å²) >= 11 is 1.33. The molecule has 2 aromatic carbocycles. The van der Waals surface area contributed by atoms with Gasteiger partial charge >= 0.3 is 0 Å². The first-order valence-corrected chi connectivity index (χ1v) is 9.83. The van der Waals surface area contributed by atoms with Gasteiger partial charge in [0.15, 0.2) is 11.5 Å². The summed E-state index contributed by atoms with van der Waals surface area (Å²) < 4.78 is 26.2. The van der Waals surface area contributed by atoms with E-state index in [0.29, 0.717) is 28.7 Å². The second-order valence-electron chi connectivity index (χ2n) is 6.16. The third-order valence-electron chi connectivity index (χ3n) is 4.48. The highest BCUT2D eigenvalue weighted by Crippen LogP contribution is 2.44. The van der Waals surface area contributed by atoms with Gasteiger partial charge in [-0.25, -0.2) is 0 Å². The van der Waals surface area contributed by atoms with Crippen LogP contribution in [0, 0.1) is 0 Å². The zero-order valence-electron chi connectivity index (χ0n) is 17.1. The Balaban J connectivity index is 2.10. The number of carbonyl (C=O) groups is 1. The topological polar surface area (TPSA) is 105 Å². The molecule has 0 radical (unpaired) electrons. The average Bonchev–Trinajstić information content (AvgIpc) is 3.27. The number of rotatable bonds is 8. The molecular formula is C21H23N3O5S. The molecule has 3 aromatic rings. The van der Waals surface area contributed by atoms with Crippen LogP contribution in [-0.2, 0) is 4.79 Å². The van der Waals surface area contributed by atoms with Crippen LogP contribution >= 0.6 is 11.5 Å². The Labute approximate surface area is 178 Å². The van der Waals surface area contributed by atoms with Crippen LogP contribution in [0.1, 0.15) is 0 Å². The maximum atomic E-state index is 11.8. The first-order chi connectivity index (χ1) is 14.6. The van der Waals surface area contributed by atoms with E-state index in [1.807, 2.05) is 29.6 Å². The molecule has 0 bridgehead atoms. The van der Waals surface area contributed by atoms with Crippen LogP contribution in [0.4, 0.5) is 5.69 Å². The first-order valence-electron chi connectivity index (χ1n) is 8.99. The number of hydrogen-bond acceptors (Lipinski definition) is 8. The Hall–Kier alpha value is -3.30. The normalized spacial score (nSPS) is 10.4. The van der Waals surface area contributed by atoms with Gasteiger partial charge in [-0.2, -0.15) is 4.37 Å². The van der Waals surface area contributed by atoms with Crippen molar-refractivity contribution in [2.75, 3.05) is 40.3 Å². The van der Waals surface area contributed by atoms with Crippen LogP contribution < -0.4 is 30.0 Å². The van der Waals surface area contributed by atoms with Gasteiger partial charge in [-0.15, -0.1) is 0 Å². The molecule has 3 N–H and O–H groups in total. The van der Waals surface area contributed by atoms with Crippen molar-refractivity contribution in [1.82, 2.24) is 4.37 Å². The number of methoxy groups -OCH3 is 4. The SMILES string of the molecule is COc1ccc(-c2csnc2-c2cc(OC)c(OC)c(OC)c2)cc1NC(=O)CN. The molecule has 0 fully saturated rings. The number of anilines is 1. The number of ether oxygens (including phenoxy) is 4. The molecule has 0 atom stereocenters. The molecule has 0 saturated heterocycles. The quantitative estimate of drug-likeness (QED) is 0.565. The monoisotopic (exact) mass is 429 g/mol. The van der Waals surface area contributed by atoms with Gasteiger partial charge < -0.3 is 30.0 Å². The molecule has 0 aliphatic rings. The fraction of sp³-hybridized carbons (Fsp3) is 0.238. The molecule has 0 aliphatic heterocycles. The minimum absolute atomic E-state index is 0.121. The molecule has 0 aliphatic carbocycles. The maximum Gasteiger partial charge on any atom is 0.238 e. The second-order valence-corrected chi connectivity index (χ2v) is 6.79. The Morgan fingerprint density at radius 2 is 1.63 bits per heavy atom. The first kappa shape index (κ1) is 21.4. The van der Waals surface area contributed by atoms with Gasteiger partial charge in [0.05, 0.1) is 46.4 Å². The van der Waals surface area contributed by atoms with Crippen molar-refractivity contribution in [2.45, 2.75) is 0 Å². The van der Waals surface area contributed by atoms with E-state index in [4.69, 9.17) is 24.7 Å². The number of benzene rings is 2. The van der Waals surface area contributed by atoms with E-state index in [0.717, 1.165) is 22.4 Å².